The summed E-state index contributed by atoms with van der Waals surface area (Å²) >= 11 is 13.3. The summed E-state index contributed by atoms with van der Waals surface area (Å²) in [5.74, 6) is -1.30. The molecule has 1 aliphatic rings. The molecule has 2 N–H and O–H groups in total. The molecule has 1 aliphatic carbocycles. The summed E-state index contributed by atoms with van der Waals surface area (Å²) in [7, 11) is 0. The fraction of sp³-hybridized carbons (Fsp3) is 0.350. The fourth-order valence-electron chi connectivity index (χ4n) is 2.62. The van der Waals surface area contributed by atoms with Crippen molar-refractivity contribution in [2.24, 2.45) is 5.92 Å². The molecule has 1 heterocycles. The van der Waals surface area contributed by atoms with Crippen molar-refractivity contribution in [3.8, 4) is 0 Å². The van der Waals surface area contributed by atoms with Crippen LogP contribution in [0.15, 0.2) is 18.2 Å². The summed E-state index contributed by atoms with van der Waals surface area (Å²) in [6.07, 6.45) is 0.639. The molecule has 1 saturated carbocycles. The Balaban J connectivity index is 1.71. The van der Waals surface area contributed by atoms with Crippen LogP contribution in [0.5, 0.6) is 0 Å². The van der Waals surface area contributed by atoms with E-state index in [9.17, 15) is 14.4 Å². The van der Waals surface area contributed by atoms with Crippen molar-refractivity contribution in [3.63, 3.8) is 0 Å². The predicted octanol–water partition coefficient (Wildman–Crippen LogP) is 5.20. The minimum absolute atomic E-state index is 0.00808. The zero-order valence-corrected chi connectivity index (χ0v) is 18.4. The van der Waals surface area contributed by atoms with Crippen LogP contribution in [0.3, 0.4) is 0 Å². The Kier molecular flexibility index (Phi) is 6.51. The molecule has 0 bridgehead atoms. The first-order valence-electron chi connectivity index (χ1n) is 9.05. The second kappa shape index (κ2) is 8.73. The zero-order chi connectivity index (χ0) is 21.3. The number of nitrogens with one attached hydrogen (secondary N) is 2. The van der Waals surface area contributed by atoms with E-state index in [-0.39, 0.29) is 17.4 Å². The Morgan fingerprint density at radius 1 is 1.17 bits per heavy atom. The van der Waals surface area contributed by atoms with Crippen LogP contribution in [-0.4, -0.2) is 23.9 Å². The molecule has 29 heavy (non-hydrogen) atoms. The Morgan fingerprint density at radius 2 is 1.86 bits per heavy atom. The fourth-order valence-corrected chi connectivity index (χ4v) is 4.01. The van der Waals surface area contributed by atoms with Crippen LogP contribution in [0, 0.1) is 19.8 Å². The molecule has 1 aromatic heterocycles. The highest BCUT2D eigenvalue weighted by atomic mass is 35.5. The lowest BCUT2D eigenvalue weighted by Gasteiger charge is -2.15. The number of aryl methyl sites for hydroxylation is 1. The number of carbonyl (C=O) groups is 3. The molecule has 154 valence electrons. The maximum Gasteiger partial charge on any atom is 0.342 e. The Bertz CT molecular complexity index is 985. The van der Waals surface area contributed by atoms with Gasteiger partial charge in [-0.1, -0.05) is 23.2 Å². The summed E-state index contributed by atoms with van der Waals surface area (Å²) in [6.45, 7) is 5.11. The van der Waals surface area contributed by atoms with Gasteiger partial charge in [-0.05, 0) is 57.4 Å². The van der Waals surface area contributed by atoms with E-state index >= 15 is 0 Å². The summed E-state index contributed by atoms with van der Waals surface area (Å²) in [5.41, 5.74) is 1.32. The molecular weight excluding hydrogens is 435 g/mol. The second-order valence-electron chi connectivity index (χ2n) is 6.91. The lowest BCUT2D eigenvalue weighted by molar-refractivity contribution is -0.123. The van der Waals surface area contributed by atoms with E-state index in [4.69, 9.17) is 27.9 Å². The van der Waals surface area contributed by atoms with Crippen molar-refractivity contribution in [3.05, 3.63) is 44.2 Å². The first-order valence-corrected chi connectivity index (χ1v) is 10.6. The summed E-state index contributed by atoms with van der Waals surface area (Å²) in [4.78, 5) is 38.2. The van der Waals surface area contributed by atoms with E-state index in [0.717, 1.165) is 23.3 Å². The zero-order valence-electron chi connectivity index (χ0n) is 16.1. The van der Waals surface area contributed by atoms with Gasteiger partial charge in [0.25, 0.3) is 5.91 Å². The lowest BCUT2D eigenvalue weighted by atomic mass is 10.1. The molecule has 9 heteroatoms. The molecule has 1 fully saturated rings. The molecule has 1 aromatic carbocycles. The number of carbonyl (C=O) groups excluding carboxylic acids is 3. The summed E-state index contributed by atoms with van der Waals surface area (Å²) < 4.78 is 5.36. The van der Waals surface area contributed by atoms with Crippen molar-refractivity contribution in [2.75, 3.05) is 10.6 Å². The van der Waals surface area contributed by atoms with E-state index in [2.05, 4.69) is 10.6 Å². The van der Waals surface area contributed by atoms with Crippen LogP contribution in [0.4, 0.5) is 10.7 Å². The highest BCUT2D eigenvalue weighted by molar-refractivity contribution is 7.16. The molecular formula is C20H20Cl2N2O4S. The van der Waals surface area contributed by atoms with Gasteiger partial charge in [0.2, 0.25) is 5.91 Å². The van der Waals surface area contributed by atoms with E-state index in [1.54, 1.807) is 19.1 Å². The maximum atomic E-state index is 12.8. The van der Waals surface area contributed by atoms with Crippen LogP contribution in [0.2, 0.25) is 10.0 Å². The van der Waals surface area contributed by atoms with E-state index in [0.29, 0.717) is 20.7 Å². The Morgan fingerprint density at radius 3 is 2.52 bits per heavy atom. The number of amides is 2. The van der Waals surface area contributed by atoms with Crippen molar-refractivity contribution in [1.29, 1.82) is 0 Å². The van der Waals surface area contributed by atoms with Gasteiger partial charge in [-0.15, -0.1) is 11.3 Å². The van der Waals surface area contributed by atoms with E-state index in [1.807, 2.05) is 6.92 Å². The van der Waals surface area contributed by atoms with Crippen LogP contribution in [0.1, 0.15) is 40.6 Å². The molecule has 1 unspecified atom stereocenters. The number of halogens is 2. The van der Waals surface area contributed by atoms with Crippen LogP contribution in [0.25, 0.3) is 0 Å². The van der Waals surface area contributed by atoms with Gasteiger partial charge in [0.05, 0.1) is 16.3 Å². The third-order valence-corrected chi connectivity index (χ3v) is 6.30. The molecule has 6 nitrogen and oxygen atoms in total. The number of anilines is 2. The minimum atomic E-state index is -1.08. The van der Waals surface area contributed by atoms with Crippen LogP contribution in [-0.2, 0) is 14.3 Å². The van der Waals surface area contributed by atoms with Gasteiger partial charge in [0.1, 0.15) is 5.00 Å². The maximum absolute atomic E-state index is 12.8. The molecule has 2 aromatic rings. The largest absolute Gasteiger partial charge is 0.449 e. The van der Waals surface area contributed by atoms with Crippen molar-refractivity contribution in [2.45, 2.75) is 39.7 Å². The van der Waals surface area contributed by atoms with Gasteiger partial charge in [0.15, 0.2) is 6.10 Å². The Labute approximate surface area is 182 Å². The quantitative estimate of drug-likeness (QED) is 0.586. The van der Waals surface area contributed by atoms with E-state index in [1.165, 1.54) is 24.3 Å². The van der Waals surface area contributed by atoms with Gasteiger partial charge in [-0.3, -0.25) is 9.59 Å². The smallest absolute Gasteiger partial charge is 0.342 e. The molecule has 0 aliphatic heterocycles. The van der Waals surface area contributed by atoms with Crippen molar-refractivity contribution in [1.82, 2.24) is 0 Å². The normalized spacial score (nSPS) is 14.2. The van der Waals surface area contributed by atoms with Crippen molar-refractivity contribution >= 4 is 63.0 Å². The monoisotopic (exact) mass is 454 g/mol. The third-order valence-electron chi connectivity index (χ3n) is 4.61. The number of thiophene rings is 1. The average Bonchev–Trinajstić information content (AvgIpc) is 3.45. The summed E-state index contributed by atoms with van der Waals surface area (Å²) in [6, 6.07) is 4.67. The third kappa shape index (κ3) is 5.10. The van der Waals surface area contributed by atoms with Crippen molar-refractivity contribution < 1.29 is 19.1 Å². The molecule has 0 spiro atoms. The highest BCUT2D eigenvalue weighted by Gasteiger charge is 2.32. The molecule has 3 rings (SSSR count). The SMILES string of the molecule is Cc1sc(NC(=O)C2CC2)c(C(=O)OC(C)C(=O)Nc2cc(Cl)ccc2Cl)c1C. The number of benzene rings is 1. The molecule has 2 amide bonds. The predicted molar refractivity (Wildman–Crippen MR) is 115 cm³/mol. The first kappa shape index (κ1) is 21.6. The van der Waals surface area contributed by atoms with Gasteiger partial charge in [0, 0.05) is 15.8 Å². The summed E-state index contributed by atoms with van der Waals surface area (Å²) in [5, 5.41) is 6.59. The molecule has 1 atom stereocenters. The first-order chi connectivity index (χ1) is 13.7. The number of hydrogen-bond acceptors (Lipinski definition) is 5. The van der Waals surface area contributed by atoms with Gasteiger partial charge < -0.3 is 15.4 Å². The number of hydrogen-bond donors (Lipinski definition) is 2. The lowest BCUT2D eigenvalue weighted by Crippen LogP contribution is -2.30. The molecule has 0 saturated heterocycles. The van der Waals surface area contributed by atoms with Gasteiger partial charge in [-0.2, -0.15) is 0 Å². The topological polar surface area (TPSA) is 84.5 Å². The van der Waals surface area contributed by atoms with Gasteiger partial charge >= 0.3 is 5.97 Å². The van der Waals surface area contributed by atoms with Gasteiger partial charge in [-0.25, -0.2) is 4.79 Å². The minimum Gasteiger partial charge on any atom is -0.449 e. The average molecular weight is 455 g/mol. The van der Waals surface area contributed by atoms with Crippen LogP contribution < -0.4 is 10.6 Å². The number of ether oxygens (including phenoxy) is 1. The second-order valence-corrected chi connectivity index (χ2v) is 8.98. The number of esters is 1. The van der Waals surface area contributed by atoms with E-state index < -0.39 is 18.0 Å². The number of rotatable bonds is 6. The standard InChI is InChI=1S/C20H20Cl2N2O4S/c1-9-11(3)29-19(24-18(26)12-4-5-12)16(9)20(27)28-10(2)17(25)23-15-8-13(21)6-7-14(15)22/h6-8,10,12H,4-5H2,1-3H3,(H,23,25)(H,24,26). The van der Waals surface area contributed by atoms with Crippen LogP contribution >= 0.6 is 34.5 Å². The molecule has 0 radical (unpaired) electrons. The Hall–Kier alpha value is -2.09. The highest BCUT2D eigenvalue weighted by Crippen LogP contribution is 2.36.